The van der Waals surface area contributed by atoms with E-state index in [2.05, 4.69) is 62.3 Å². The van der Waals surface area contributed by atoms with Gasteiger partial charge in [0.15, 0.2) is 6.67 Å². The van der Waals surface area contributed by atoms with E-state index in [9.17, 15) is 4.79 Å². The van der Waals surface area contributed by atoms with Gasteiger partial charge in [-0.2, -0.15) is 9.61 Å². The van der Waals surface area contributed by atoms with Crippen molar-refractivity contribution in [2.24, 2.45) is 0 Å². The molecule has 0 fully saturated rings. The Morgan fingerprint density at radius 1 is 1.19 bits per heavy atom. The number of hydrogen-bond acceptors (Lipinski definition) is 3. The van der Waals surface area contributed by atoms with Gasteiger partial charge in [0.05, 0.1) is 36.4 Å². The molecular formula is C22H25N4O+. The van der Waals surface area contributed by atoms with Crippen molar-refractivity contribution in [1.82, 2.24) is 9.61 Å². The van der Waals surface area contributed by atoms with Crippen molar-refractivity contribution in [3.8, 4) is 0 Å². The molecule has 2 aromatic heterocycles. The molecule has 1 aliphatic rings. The van der Waals surface area contributed by atoms with Gasteiger partial charge in [-0.1, -0.05) is 25.1 Å². The summed E-state index contributed by atoms with van der Waals surface area (Å²) in [6.07, 6.45) is 0.872. The van der Waals surface area contributed by atoms with Crippen LogP contribution in [0.2, 0.25) is 0 Å². The van der Waals surface area contributed by atoms with Gasteiger partial charge in [0.25, 0.3) is 5.56 Å². The largest absolute Gasteiger partial charge is 0.327 e. The van der Waals surface area contributed by atoms with Crippen LogP contribution in [0.5, 0.6) is 0 Å². The van der Waals surface area contributed by atoms with E-state index in [1.807, 2.05) is 6.92 Å². The Bertz CT molecular complexity index is 1290. The first-order valence-electron chi connectivity index (χ1n) is 9.57. The van der Waals surface area contributed by atoms with Gasteiger partial charge in [0.2, 0.25) is 0 Å². The molecule has 4 aromatic rings. The van der Waals surface area contributed by atoms with Gasteiger partial charge in [0.1, 0.15) is 6.54 Å². The lowest BCUT2D eigenvalue weighted by Crippen LogP contribution is -2.50. The van der Waals surface area contributed by atoms with Crippen molar-refractivity contribution in [2.45, 2.75) is 26.8 Å². The Morgan fingerprint density at radius 2 is 1.93 bits per heavy atom. The van der Waals surface area contributed by atoms with Crippen molar-refractivity contribution < 1.29 is 4.48 Å². The number of quaternary nitrogens is 1. The number of hydrogen-bond donors (Lipinski definition) is 0. The first-order chi connectivity index (χ1) is 12.8. The SMILES string of the molecule is CCc1c(C)nn2c(=O)c3cc4c(c5cccc(c53)c12)N(C)C[N+](C)(C)C4. The van der Waals surface area contributed by atoms with E-state index >= 15 is 0 Å². The number of benzene rings is 2. The molecule has 3 heterocycles. The molecule has 0 amide bonds. The summed E-state index contributed by atoms with van der Waals surface area (Å²) in [5.74, 6) is 0. The van der Waals surface area contributed by atoms with E-state index in [1.54, 1.807) is 4.52 Å². The molecule has 0 spiro atoms. The number of nitrogens with zero attached hydrogens (tertiary/aromatic N) is 4. The van der Waals surface area contributed by atoms with Gasteiger partial charge < -0.3 is 9.38 Å². The Balaban J connectivity index is 2.04. The molecule has 5 heteroatoms. The third kappa shape index (κ3) is 2.09. The van der Waals surface area contributed by atoms with Crippen LogP contribution in [0.25, 0.3) is 27.1 Å². The maximum Gasteiger partial charge on any atom is 0.279 e. The molecule has 5 nitrogen and oxygen atoms in total. The second-order valence-corrected chi connectivity index (χ2v) is 8.58. The average molecular weight is 361 g/mol. The summed E-state index contributed by atoms with van der Waals surface area (Å²) >= 11 is 0. The molecular weight excluding hydrogens is 336 g/mol. The van der Waals surface area contributed by atoms with Crippen LogP contribution in [0.15, 0.2) is 29.1 Å². The van der Waals surface area contributed by atoms with Crippen LogP contribution in [0.1, 0.15) is 23.7 Å². The van der Waals surface area contributed by atoms with Crippen molar-refractivity contribution in [1.29, 1.82) is 0 Å². The molecule has 0 aliphatic carbocycles. The molecule has 0 saturated heterocycles. The number of aryl methyl sites for hydroxylation is 2. The topological polar surface area (TPSA) is 37.6 Å². The lowest BCUT2D eigenvalue weighted by atomic mass is 9.94. The second-order valence-electron chi connectivity index (χ2n) is 8.58. The number of aromatic nitrogens is 2. The summed E-state index contributed by atoms with van der Waals surface area (Å²) in [7, 11) is 6.62. The van der Waals surface area contributed by atoms with E-state index in [-0.39, 0.29) is 5.56 Å². The zero-order valence-corrected chi connectivity index (χ0v) is 16.6. The molecule has 5 rings (SSSR count). The summed E-state index contributed by atoms with van der Waals surface area (Å²) in [5, 5.41) is 8.78. The Labute approximate surface area is 158 Å². The fourth-order valence-corrected chi connectivity index (χ4v) is 5.14. The molecule has 0 atom stereocenters. The predicted molar refractivity (Wildman–Crippen MR) is 111 cm³/mol. The normalized spacial score (nSPS) is 16.6. The van der Waals surface area contributed by atoms with Gasteiger partial charge in [-0.3, -0.25) is 4.79 Å². The monoisotopic (exact) mass is 361 g/mol. The van der Waals surface area contributed by atoms with Gasteiger partial charge in [-0.05, 0) is 19.4 Å². The summed E-state index contributed by atoms with van der Waals surface area (Å²) in [4.78, 5) is 15.7. The van der Waals surface area contributed by atoms with Crippen LogP contribution in [-0.2, 0) is 13.0 Å². The van der Waals surface area contributed by atoms with Crippen LogP contribution in [0.3, 0.4) is 0 Å². The molecule has 0 radical (unpaired) electrons. The van der Waals surface area contributed by atoms with Crippen molar-refractivity contribution in [3.05, 3.63) is 51.4 Å². The minimum absolute atomic E-state index is 0.00201. The summed E-state index contributed by atoms with van der Waals surface area (Å²) < 4.78 is 2.51. The van der Waals surface area contributed by atoms with Crippen LogP contribution in [0.4, 0.5) is 5.69 Å². The molecule has 27 heavy (non-hydrogen) atoms. The third-order valence-corrected chi connectivity index (χ3v) is 6.00. The van der Waals surface area contributed by atoms with Crippen LogP contribution in [0, 0.1) is 6.92 Å². The van der Waals surface area contributed by atoms with Gasteiger partial charge in [-0.15, -0.1) is 0 Å². The smallest absolute Gasteiger partial charge is 0.279 e. The lowest BCUT2D eigenvalue weighted by Gasteiger charge is -2.41. The summed E-state index contributed by atoms with van der Waals surface area (Å²) in [6.45, 7) is 6.01. The highest BCUT2D eigenvalue weighted by atomic mass is 16.1. The maximum atomic E-state index is 13.4. The summed E-state index contributed by atoms with van der Waals surface area (Å²) in [6, 6.07) is 8.54. The van der Waals surface area contributed by atoms with Crippen LogP contribution in [-0.4, -0.2) is 41.9 Å². The van der Waals surface area contributed by atoms with Gasteiger partial charge in [0, 0.05) is 34.3 Å². The number of anilines is 1. The van der Waals surface area contributed by atoms with E-state index in [4.69, 9.17) is 0 Å². The minimum atomic E-state index is -0.00201. The highest BCUT2D eigenvalue weighted by molar-refractivity contribution is 6.19. The van der Waals surface area contributed by atoms with E-state index < -0.39 is 0 Å². The number of pyridine rings is 1. The number of fused-ring (bicyclic) bond motifs is 4. The first-order valence-corrected chi connectivity index (χ1v) is 9.57. The van der Waals surface area contributed by atoms with Crippen molar-refractivity contribution in [3.63, 3.8) is 0 Å². The molecule has 2 aromatic carbocycles. The Morgan fingerprint density at radius 3 is 2.67 bits per heavy atom. The number of rotatable bonds is 1. The Hall–Kier alpha value is -2.66. The van der Waals surface area contributed by atoms with Crippen LogP contribution >= 0.6 is 0 Å². The van der Waals surface area contributed by atoms with E-state index in [0.717, 1.165) is 51.5 Å². The minimum Gasteiger partial charge on any atom is -0.327 e. The molecule has 0 unspecified atom stereocenters. The average Bonchev–Trinajstić information content (AvgIpc) is 2.94. The third-order valence-electron chi connectivity index (χ3n) is 6.00. The van der Waals surface area contributed by atoms with E-state index in [1.165, 1.54) is 22.2 Å². The molecule has 1 aliphatic heterocycles. The standard InChI is InChI=1S/C22H25N4O/c1-6-15-13(2)23-25-21(15)17-9-7-8-16-19(17)18(22(25)27)10-14-11-26(4,5)12-24(3)20(14)16/h7-10H,6,11-12H2,1-5H3/q+1. The maximum absolute atomic E-state index is 13.4. The van der Waals surface area contributed by atoms with Gasteiger partial charge >= 0.3 is 0 Å². The van der Waals surface area contributed by atoms with Gasteiger partial charge in [-0.25, -0.2) is 0 Å². The Kier molecular flexibility index (Phi) is 3.18. The molecule has 0 N–H and O–H groups in total. The second kappa shape index (κ2) is 5.20. The fraction of sp³-hybridized carbons (Fsp3) is 0.364. The molecule has 138 valence electrons. The van der Waals surface area contributed by atoms with Crippen molar-refractivity contribution >= 4 is 32.7 Å². The fourth-order valence-electron chi connectivity index (χ4n) is 5.14. The highest BCUT2D eigenvalue weighted by Gasteiger charge is 2.31. The predicted octanol–water partition coefficient (Wildman–Crippen LogP) is 3.29. The summed E-state index contributed by atoms with van der Waals surface area (Å²) in [5.41, 5.74) is 5.61. The molecule has 0 bridgehead atoms. The highest BCUT2D eigenvalue weighted by Crippen LogP contribution is 2.40. The van der Waals surface area contributed by atoms with E-state index in [0.29, 0.717) is 0 Å². The first kappa shape index (κ1) is 16.5. The van der Waals surface area contributed by atoms with Crippen molar-refractivity contribution in [2.75, 3.05) is 32.7 Å². The van der Waals surface area contributed by atoms with Crippen LogP contribution < -0.4 is 10.5 Å². The molecule has 0 saturated carbocycles. The zero-order valence-electron chi connectivity index (χ0n) is 16.6. The quantitative estimate of drug-likeness (QED) is 0.488. The zero-order chi connectivity index (χ0) is 19.1. The lowest BCUT2D eigenvalue weighted by molar-refractivity contribution is -0.904.